The van der Waals surface area contributed by atoms with E-state index in [9.17, 15) is 14.0 Å². The molecule has 0 atom stereocenters. The highest BCUT2D eigenvalue weighted by atomic mass is 19.1. The van der Waals surface area contributed by atoms with Crippen LogP contribution in [0, 0.1) is 5.82 Å². The van der Waals surface area contributed by atoms with Gasteiger partial charge in [0, 0.05) is 11.9 Å². The van der Waals surface area contributed by atoms with E-state index < -0.39 is 17.8 Å². The molecule has 0 spiro atoms. The molecular weight excluding hydrogens is 303 g/mol. The molecule has 0 saturated carbocycles. The molecule has 1 aromatic carbocycles. The van der Waals surface area contributed by atoms with Gasteiger partial charge in [-0.2, -0.15) is 0 Å². The summed E-state index contributed by atoms with van der Waals surface area (Å²) in [6.07, 6.45) is 1.38. The summed E-state index contributed by atoms with van der Waals surface area (Å²) >= 11 is 0. The standard InChI is InChI=1S/C16H17FN2O4/c1-3-22-15(20)12-9-19(11-7-5-10(17)6-8-11)14(13(12)18)16(21)23-4-2/h5-9H,3-4,18H2,1-2H3. The zero-order valence-electron chi connectivity index (χ0n) is 12.8. The van der Waals surface area contributed by atoms with Crippen LogP contribution in [0.1, 0.15) is 34.7 Å². The van der Waals surface area contributed by atoms with Crippen molar-refractivity contribution in [3.8, 4) is 5.69 Å². The predicted octanol–water partition coefficient (Wildman–Crippen LogP) is 2.55. The largest absolute Gasteiger partial charge is 0.462 e. The zero-order valence-corrected chi connectivity index (χ0v) is 12.8. The Bertz CT molecular complexity index is 722. The smallest absolute Gasteiger partial charge is 0.357 e. The van der Waals surface area contributed by atoms with Crippen molar-refractivity contribution >= 4 is 17.6 Å². The number of hydrogen-bond donors (Lipinski definition) is 1. The number of benzene rings is 1. The summed E-state index contributed by atoms with van der Waals surface area (Å²) in [4.78, 5) is 24.1. The zero-order chi connectivity index (χ0) is 17.0. The number of nitrogen functional groups attached to an aromatic ring is 1. The first-order chi connectivity index (χ1) is 11.0. The summed E-state index contributed by atoms with van der Waals surface area (Å²) in [6, 6.07) is 5.41. The Hall–Kier alpha value is -2.83. The SMILES string of the molecule is CCOC(=O)c1cn(-c2ccc(F)cc2)c(C(=O)OCC)c1N. The Morgan fingerprint density at radius 2 is 1.65 bits per heavy atom. The van der Waals surface area contributed by atoms with Crippen LogP contribution in [-0.2, 0) is 9.47 Å². The predicted molar refractivity (Wildman–Crippen MR) is 82.1 cm³/mol. The minimum Gasteiger partial charge on any atom is -0.462 e. The maximum Gasteiger partial charge on any atom is 0.357 e. The number of anilines is 1. The van der Waals surface area contributed by atoms with Crippen LogP contribution in [0.15, 0.2) is 30.5 Å². The maximum absolute atomic E-state index is 13.1. The first-order valence-electron chi connectivity index (χ1n) is 7.10. The number of esters is 2. The highest BCUT2D eigenvalue weighted by Gasteiger charge is 2.26. The molecule has 0 bridgehead atoms. The first kappa shape index (κ1) is 16.5. The molecule has 0 amide bonds. The van der Waals surface area contributed by atoms with Gasteiger partial charge in [0.2, 0.25) is 0 Å². The number of nitrogens with two attached hydrogens (primary N) is 1. The van der Waals surface area contributed by atoms with Crippen molar-refractivity contribution in [2.45, 2.75) is 13.8 Å². The summed E-state index contributed by atoms with van der Waals surface area (Å²) in [5.74, 6) is -1.74. The molecule has 1 heterocycles. The topological polar surface area (TPSA) is 83.5 Å². The van der Waals surface area contributed by atoms with Gasteiger partial charge >= 0.3 is 11.9 Å². The molecule has 0 radical (unpaired) electrons. The van der Waals surface area contributed by atoms with Gasteiger partial charge in [-0.3, -0.25) is 0 Å². The highest BCUT2D eigenvalue weighted by molar-refractivity contribution is 6.03. The minimum absolute atomic E-state index is 0.00140. The van der Waals surface area contributed by atoms with E-state index in [0.29, 0.717) is 5.69 Å². The van der Waals surface area contributed by atoms with Gasteiger partial charge in [0.1, 0.15) is 11.4 Å². The molecule has 0 aliphatic carbocycles. The van der Waals surface area contributed by atoms with E-state index in [4.69, 9.17) is 15.2 Å². The van der Waals surface area contributed by atoms with Crippen LogP contribution in [0.2, 0.25) is 0 Å². The van der Waals surface area contributed by atoms with Gasteiger partial charge in [-0.25, -0.2) is 14.0 Å². The van der Waals surface area contributed by atoms with Crippen molar-refractivity contribution in [3.63, 3.8) is 0 Å². The minimum atomic E-state index is -0.676. The van der Waals surface area contributed by atoms with E-state index in [1.165, 1.54) is 35.0 Å². The van der Waals surface area contributed by atoms with Gasteiger partial charge in [0.15, 0.2) is 5.69 Å². The Morgan fingerprint density at radius 1 is 1.09 bits per heavy atom. The quantitative estimate of drug-likeness (QED) is 0.856. The summed E-state index contributed by atoms with van der Waals surface area (Å²) in [5.41, 5.74) is 6.43. The second kappa shape index (κ2) is 6.95. The van der Waals surface area contributed by atoms with Crippen molar-refractivity contribution < 1.29 is 23.5 Å². The summed E-state index contributed by atoms with van der Waals surface area (Å²) < 4.78 is 24.4. The summed E-state index contributed by atoms with van der Waals surface area (Å²) in [7, 11) is 0. The second-order valence-electron chi connectivity index (χ2n) is 4.59. The van der Waals surface area contributed by atoms with Crippen LogP contribution in [0.3, 0.4) is 0 Å². The lowest BCUT2D eigenvalue weighted by atomic mass is 10.2. The van der Waals surface area contributed by atoms with E-state index in [-0.39, 0.29) is 30.2 Å². The number of hydrogen-bond acceptors (Lipinski definition) is 5. The molecule has 2 rings (SSSR count). The van der Waals surface area contributed by atoms with Gasteiger partial charge in [0.25, 0.3) is 0 Å². The van der Waals surface area contributed by atoms with Gasteiger partial charge in [-0.1, -0.05) is 0 Å². The maximum atomic E-state index is 13.1. The van der Waals surface area contributed by atoms with E-state index in [1.807, 2.05) is 0 Å². The van der Waals surface area contributed by atoms with Crippen LogP contribution >= 0.6 is 0 Å². The molecule has 6 nitrogen and oxygen atoms in total. The summed E-state index contributed by atoms with van der Waals surface area (Å²) in [5, 5.41) is 0. The third kappa shape index (κ3) is 3.33. The number of carbonyl (C=O) groups excluding carboxylic acids is 2. The molecule has 0 saturated heterocycles. The Labute approximate surface area is 132 Å². The molecule has 0 aliphatic heterocycles. The third-order valence-corrected chi connectivity index (χ3v) is 3.11. The normalized spacial score (nSPS) is 10.4. The Balaban J connectivity index is 2.58. The molecule has 2 N–H and O–H groups in total. The number of ether oxygens (including phenoxy) is 2. The first-order valence-corrected chi connectivity index (χ1v) is 7.10. The van der Waals surface area contributed by atoms with Crippen molar-refractivity contribution in [2.75, 3.05) is 18.9 Å². The molecule has 2 aromatic rings. The molecule has 122 valence electrons. The molecule has 23 heavy (non-hydrogen) atoms. The highest BCUT2D eigenvalue weighted by Crippen LogP contribution is 2.26. The van der Waals surface area contributed by atoms with Crippen molar-refractivity contribution in [2.24, 2.45) is 0 Å². The molecule has 1 aromatic heterocycles. The Kier molecular flexibility index (Phi) is 5.00. The number of halogens is 1. The second-order valence-corrected chi connectivity index (χ2v) is 4.59. The average Bonchev–Trinajstić information content (AvgIpc) is 2.86. The monoisotopic (exact) mass is 320 g/mol. The molecular formula is C16H17FN2O4. The van der Waals surface area contributed by atoms with Crippen molar-refractivity contribution in [1.29, 1.82) is 0 Å². The van der Waals surface area contributed by atoms with E-state index in [2.05, 4.69) is 0 Å². The lowest BCUT2D eigenvalue weighted by Crippen LogP contribution is -2.13. The fraction of sp³-hybridized carbons (Fsp3) is 0.250. The number of nitrogens with zero attached hydrogens (tertiary/aromatic N) is 1. The lowest BCUT2D eigenvalue weighted by Gasteiger charge is -2.09. The number of carbonyl (C=O) groups is 2. The molecule has 7 heteroatoms. The van der Waals surface area contributed by atoms with Gasteiger partial charge < -0.3 is 19.8 Å². The van der Waals surface area contributed by atoms with Gasteiger partial charge in [-0.15, -0.1) is 0 Å². The summed E-state index contributed by atoms with van der Waals surface area (Å²) in [6.45, 7) is 3.65. The van der Waals surface area contributed by atoms with Crippen LogP contribution in [0.5, 0.6) is 0 Å². The number of aromatic nitrogens is 1. The average molecular weight is 320 g/mol. The molecule has 0 unspecified atom stereocenters. The molecule has 0 fully saturated rings. The van der Waals surface area contributed by atoms with Crippen LogP contribution < -0.4 is 5.73 Å². The van der Waals surface area contributed by atoms with Gasteiger partial charge in [0.05, 0.1) is 18.9 Å². The molecule has 0 aliphatic rings. The van der Waals surface area contributed by atoms with E-state index in [1.54, 1.807) is 13.8 Å². The van der Waals surface area contributed by atoms with Crippen molar-refractivity contribution in [3.05, 3.63) is 47.5 Å². The number of rotatable bonds is 5. The van der Waals surface area contributed by atoms with Crippen molar-refractivity contribution in [1.82, 2.24) is 4.57 Å². The Morgan fingerprint density at radius 3 is 2.22 bits per heavy atom. The lowest BCUT2D eigenvalue weighted by molar-refractivity contribution is 0.0516. The van der Waals surface area contributed by atoms with E-state index in [0.717, 1.165) is 0 Å². The third-order valence-electron chi connectivity index (χ3n) is 3.11. The fourth-order valence-corrected chi connectivity index (χ4v) is 2.11. The van der Waals surface area contributed by atoms with Gasteiger partial charge in [-0.05, 0) is 38.1 Å². The van der Waals surface area contributed by atoms with E-state index >= 15 is 0 Å². The van der Waals surface area contributed by atoms with Crippen LogP contribution in [0.4, 0.5) is 10.1 Å². The van der Waals surface area contributed by atoms with Crippen LogP contribution in [0.25, 0.3) is 5.69 Å². The van der Waals surface area contributed by atoms with Crippen LogP contribution in [-0.4, -0.2) is 29.7 Å². The fourth-order valence-electron chi connectivity index (χ4n) is 2.11.